The molecule has 2 aromatic rings. The van der Waals surface area contributed by atoms with Crippen molar-refractivity contribution in [1.82, 2.24) is 35.2 Å². The van der Waals surface area contributed by atoms with Gasteiger partial charge in [-0.15, -0.1) is 34.2 Å². The molecule has 3 heterocycles. The van der Waals surface area contributed by atoms with Gasteiger partial charge in [-0.2, -0.15) is 5.10 Å². The summed E-state index contributed by atoms with van der Waals surface area (Å²) in [5.74, 6) is 3.04. The van der Waals surface area contributed by atoms with Crippen LogP contribution in [0, 0.1) is 0 Å². The van der Waals surface area contributed by atoms with E-state index in [2.05, 4.69) is 42.4 Å². The van der Waals surface area contributed by atoms with Crippen LogP contribution >= 0.6 is 24.0 Å². The van der Waals surface area contributed by atoms with E-state index in [1.807, 2.05) is 17.8 Å². The van der Waals surface area contributed by atoms with Crippen LogP contribution in [0.15, 0.2) is 17.3 Å². The first-order valence-electron chi connectivity index (χ1n) is 9.18. The third kappa shape index (κ3) is 5.42. The van der Waals surface area contributed by atoms with Gasteiger partial charge in [0.25, 0.3) is 0 Å². The molecule has 1 aliphatic heterocycles. The Bertz CT molecular complexity index is 705. The number of aryl methyl sites for hydroxylation is 2. The number of aliphatic imine (C=N–C) groups is 1. The van der Waals surface area contributed by atoms with Crippen LogP contribution in [0.3, 0.4) is 0 Å². The van der Waals surface area contributed by atoms with Crippen molar-refractivity contribution in [2.24, 2.45) is 12.0 Å². The zero-order valence-corrected chi connectivity index (χ0v) is 17.9. The first-order chi connectivity index (χ1) is 12.3. The van der Waals surface area contributed by atoms with Crippen LogP contribution < -0.4 is 10.6 Å². The predicted molar refractivity (Wildman–Crippen MR) is 113 cm³/mol. The molecule has 144 valence electrons. The number of aromatic nitrogens is 5. The molecule has 0 amide bonds. The fraction of sp³-hybridized carbons (Fsp3) is 0.647. The third-order valence-corrected chi connectivity index (χ3v) is 4.49. The number of halogens is 1. The van der Waals surface area contributed by atoms with E-state index in [4.69, 9.17) is 0 Å². The Kier molecular flexibility index (Phi) is 8.33. The van der Waals surface area contributed by atoms with Gasteiger partial charge in [-0.05, 0) is 25.8 Å². The van der Waals surface area contributed by atoms with E-state index >= 15 is 0 Å². The number of nitrogens with one attached hydrogen (secondary N) is 2. The molecular formula is C17H29IN8. The van der Waals surface area contributed by atoms with E-state index in [1.54, 1.807) is 6.20 Å². The molecule has 0 saturated carbocycles. The van der Waals surface area contributed by atoms with Crippen molar-refractivity contribution in [3.63, 3.8) is 0 Å². The summed E-state index contributed by atoms with van der Waals surface area (Å²) in [6.45, 7) is 5.34. The smallest absolute Gasteiger partial charge is 0.191 e. The Hall–Kier alpha value is -1.65. The fourth-order valence-corrected chi connectivity index (χ4v) is 3.08. The zero-order valence-electron chi connectivity index (χ0n) is 15.6. The largest absolute Gasteiger partial charge is 0.357 e. The average molecular weight is 472 g/mol. The summed E-state index contributed by atoms with van der Waals surface area (Å²) >= 11 is 0. The van der Waals surface area contributed by atoms with Gasteiger partial charge in [-0.25, -0.2) is 4.99 Å². The summed E-state index contributed by atoms with van der Waals surface area (Å²) in [7, 11) is 1.93. The van der Waals surface area contributed by atoms with Crippen molar-refractivity contribution in [3.05, 3.63) is 29.6 Å². The van der Waals surface area contributed by atoms with Gasteiger partial charge >= 0.3 is 0 Å². The highest BCUT2D eigenvalue weighted by atomic mass is 127. The third-order valence-electron chi connectivity index (χ3n) is 4.49. The summed E-state index contributed by atoms with van der Waals surface area (Å²) < 4.78 is 4.15. The van der Waals surface area contributed by atoms with Gasteiger partial charge in [-0.3, -0.25) is 4.68 Å². The molecule has 3 rings (SSSR count). The Morgan fingerprint density at radius 3 is 2.88 bits per heavy atom. The first-order valence-corrected chi connectivity index (χ1v) is 9.18. The Balaban J connectivity index is 0.00000243. The SMILES string of the molecule is CCNC(=NCc1ccnn1C)NCCc1nnc2n1CCCCC2.I. The second-order valence-electron chi connectivity index (χ2n) is 6.31. The normalized spacial score (nSPS) is 14.3. The number of guanidine groups is 1. The highest BCUT2D eigenvalue weighted by Crippen LogP contribution is 2.14. The molecule has 2 N–H and O–H groups in total. The summed E-state index contributed by atoms with van der Waals surface area (Å²) in [6, 6.07) is 1.98. The lowest BCUT2D eigenvalue weighted by molar-refractivity contribution is 0.600. The molecule has 8 nitrogen and oxygen atoms in total. The van der Waals surface area contributed by atoms with E-state index in [1.165, 1.54) is 19.3 Å². The summed E-state index contributed by atoms with van der Waals surface area (Å²) in [5, 5.41) is 19.6. The topological polar surface area (TPSA) is 84.9 Å². The fourth-order valence-electron chi connectivity index (χ4n) is 3.08. The molecule has 0 fully saturated rings. The average Bonchev–Trinajstić information content (AvgIpc) is 3.11. The van der Waals surface area contributed by atoms with E-state index in [-0.39, 0.29) is 24.0 Å². The zero-order chi connectivity index (χ0) is 17.5. The number of nitrogens with zero attached hydrogens (tertiary/aromatic N) is 6. The number of fused-ring (bicyclic) bond motifs is 1. The molecule has 0 atom stereocenters. The van der Waals surface area contributed by atoms with E-state index < -0.39 is 0 Å². The standard InChI is InChI=1S/C17H28N8.HI/c1-3-18-17(20-13-14-8-11-21-24(14)2)19-10-9-16-23-22-15-7-5-4-6-12-25(15)16;/h8,11H,3-7,9-10,12-13H2,1-2H3,(H2,18,19,20);1H. The molecule has 0 bridgehead atoms. The minimum absolute atomic E-state index is 0. The summed E-state index contributed by atoms with van der Waals surface area (Å²) in [6.07, 6.45) is 7.43. The van der Waals surface area contributed by atoms with Gasteiger partial charge in [0, 0.05) is 45.7 Å². The van der Waals surface area contributed by atoms with Crippen molar-refractivity contribution >= 4 is 29.9 Å². The quantitative estimate of drug-likeness (QED) is 0.380. The van der Waals surface area contributed by atoms with Crippen molar-refractivity contribution in [1.29, 1.82) is 0 Å². The van der Waals surface area contributed by atoms with Crippen LogP contribution in [0.1, 0.15) is 43.5 Å². The molecule has 9 heteroatoms. The minimum atomic E-state index is 0. The van der Waals surface area contributed by atoms with Crippen LogP contribution in [-0.2, 0) is 33.0 Å². The van der Waals surface area contributed by atoms with Crippen molar-refractivity contribution < 1.29 is 0 Å². The van der Waals surface area contributed by atoms with Gasteiger partial charge in [0.2, 0.25) is 0 Å². The molecule has 0 spiro atoms. The molecular weight excluding hydrogens is 443 g/mol. The van der Waals surface area contributed by atoms with Crippen LogP contribution in [0.25, 0.3) is 0 Å². The maximum atomic E-state index is 4.63. The second kappa shape index (κ2) is 10.5. The van der Waals surface area contributed by atoms with Gasteiger partial charge in [-0.1, -0.05) is 6.42 Å². The number of hydrogen-bond acceptors (Lipinski definition) is 4. The maximum Gasteiger partial charge on any atom is 0.191 e. The van der Waals surface area contributed by atoms with Gasteiger partial charge in [0.15, 0.2) is 5.96 Å². The van der Waals surface area contributed by atoms with Crippen molar-refractivity contribution in [2.45, 2.75) is 52.1 Å². The van der Waals surface area contributed by atoms with Crippen LogP contribution in [-0.4, -0.2) is 43.6 Å². The van der Waals surface area contributed by atoms with Gasteiger partial charge in [0.05, 0.1) is 12.2 Å². The molecule has 2 aromatic heterocycles. The Labute approximate surface area is 171 Å². The highest BCUT2D eigenvalue weighted by Gasteiger charge is 2.14. The molecule has 0 radical (unpaired) electrons. The van der Waals surface area contributed by atoms with Crippen LogP contribution in [0.5, 0.6) is 0 Å². The molecule has 0 aliphatic carbocycles. The lowest BCUT2D eigenvalue weighted by Gasteiger charge is -2.12. The monoisotopic (exact) mass is 472 g/mol. The Morgan fingerprint density at radius 1 is 1.23 bits per heavy atom. The van der Waals surface area contributed by atoms with E-state index in [0.29, 0.717) is 6.54 Å². The lowest BCUT2D eigenvalue weighted by Crippen LogP contribution is -2.38. The minimum Gasteiger partial charge on any atom is -0.357 e. The van der Waals surface area contributed by atoms with Crippen LogP contribution in [0.4, 0.5) is 0 Å². The van der Waals surface area contributed by atoms with E-state index in [9.17, 15) is 0 Å². The highest BCUT2D eigenvalue weighted by molar-refractivity contribution is 14.0. The number of hydrogen-bond donors (Lipinski definition) is 2. The summed E-state index contributed by atoms with van der Waals surface area (Å²) in [5.41, 5.74) is 1.08. The second-order valence-corrected chi connectivity index (χ2v) is 6.31. The molecule has 1 aliphatic rings. The lowest BCUT2D eigenvalue weighted by atomic mass is 10.2. The van der Waals surface area contributed by atoms with E-state index in [0.717, 1.165) is 55.8 Å². The summed E-state index contributed by atoms with van der Waals surface area (Å²) in [4.78, 5) is 4.63. The van der Waals surface area contributed by atoms with Crippen molar-refractivity contribution in [2.75, 3.05) is 13.1 Å². The predicted octanol–water partition coefficient (Wildman–Crippen LogP) is 1.65. The van der Waals surface area contributed by atoms with Crippen LogP contribution in [0.2, 0.25) is 0 Å². The molecule has 0 aromatic carbocycles. The van der Waals surface area contributed by atoms with Gasteiger partial charge < -0.3 is 15.2 Å². The van der Waals surface area contributed by atoms with Gasteiger partial charge in [0.1, 0.15) is 11.6 Å². The molecule has 0 saturated heterocycles. The molecule has 0 unspecified atom stereocenters. The first kappa shape index (κ1) is 20.7. The Morgan fingerprint density at radius 2 is 2.12 bits per heavy atom. The van der Waals surface area contributed by atoms with Crippen molar-refractivity contribution in [3.8, 4) is 0 Å². The number of rotatable bonds is 6. The maximum absolute atomic E-state index is 4.63. The molecule has 26 heavy (non-hydrogen) atoms.